The number of hydrogen-bond acceptors (Lipinski definition) is 4. The highest BCUT2D eigenvalue weighted by Gasteiger charge is 2.53. The molecule has 2 saturated heterocycles. The number of ether oxygens (including phenoxy) is 2. The van der Waals surface area contributed by atoms with E-state index in [0.717, 1.165) is 25.1 Å². The second-order valence-corrected chi connectivity index (χ2v) is 8.42. The number of benzene rings is 1. The van der Waals surface area contributed by atoms with E-state index in [0.29, 0.717) is 12.5 Å². The Bertz CT molecular complexity index is 669. The van der Waals surface area contributed by atoms with Crippen LogP contribution in [0.4, 0.5) is 0 Å². The quantitative estimate of drug-likeness (QED) is 0.570. The summed E-state index contributed by atoms with van der Waals surface area (Å²) in [6.45, 7) is 10.4. The summed E-state index contributed by atoms with van der Waals surface area (Å²) in [5.41, 5.74) is 1.76. The third-order valence-electron chi connectivity index (χ3n) is 5.74. The van der Waals surface area contributed by atoms with Gasteiger partial charge in [0.2, 0.25) is 0 Å². The molecule has 27 heavy (non-hydrogen) atoms. The van der Waals surface area contributed by atoms with E-state index in [1.54, 1.807) is 0 Å². The molecule has 0 N–H and O–H groups in total. The first-order valence-electron chi connectivity index (χ1n) is 10.2. The fourth-order valence-electron chi connectivity index (χ4n) is 4.60. The van der Waals surface area contributed by atoms with E-state index in [9.17, 15) is 4.79 Å². The topological polar surface area (TPSA) is 38.8 Å². The van der Waals surface area contributed by atoms with Gasteiger partial charge in [-0.15, -0.1) is 0 Å². The van der Waals surface area contributed by atoms with Gasteiger partial charge in [0.1, 0.15) is 5.60 Å². The predicted molar refractivity (Wildman–Crippen MR) is 107 cm³/mol. The van der Waals surface area contributed by atoms with Gasteiger partial charge >= 0.3 is 5.97 Å². The van der Waals surface area contributed by atoms with E-state index in [1.165, 1.54) is 25.3 Å². The molecular formula is C23H33NO3. The molecule has 0 unspecified atom stereocenters. The first-order valence-corrected chi connectivity index (χ1v) is 10.2. The third kappa shape index (κ3) is 4.61. The number of esters is 1. The van der Waals surface area contributed by atoms with Gasteiger partial charge in [-0.3, -0.25) is 9.69 Å². The van der Waals surface area contributed by atoms with Gasteiger partial charge in [0.25, 0.3) is 0 Å². The largest absolute Gasteiger partial charge is 0.455 e. The lowest BCUT2D eigenvalue weighted by atomic mass is 9.75. The molecule has 0 amide bonds. The monoisotopic (exact) mass is 371 g/mol. The fraction of sp³-hybridized carbons (Fsp3) is 0.609. The SMILES string of the molecule is CC(=O)O[C@@H]1/C(=C/C(C)C)CN2CCCC[C@@H]2[C@]1(C)OCc1ccccc1. The van der Waals surface area contributed by atoms with Crippen LogP contribution in [0.25, 0.3) is 0 Å². The Morgan fingerprint density at radius 1 is 1.30 bits per heavy atom. The van der Waals surface area contributed by atoms with Crippen LogP contribution in [-0.2, 0) is 20.9 Å². The molecule has 3 rings (SSSR count). The first kappa shape index (κ1) is 20.1. The maximum absolute atomic E-state index is 11.9. The van der Waals surface area contributed by atoms with E-state index >= 15 is 0 Å². The molecule has 0 spiro atoms. The van der Waals surface area contributed by atoms with E-state index in [1.807, 2.05) is 18.2 Å². The van der Waals surface area contributed by atoms with Gasteiger partial charge in [-0.1, -0.05) is 56.7 Å². The van der Waals surface area contributed by atoms with Gasteiger partial charge in [-0.05, 0) is 43.4 Å². The highest BCUT2D eigenvalue weighted by Crippen LogP contribution is 2.41. The second kappa shape index (κ2) is 8.57. The van der Waals surface area contributed by atoms with Crippen molar-refractivity contribution in [2.24, 2.45) is 5.92 Å². The van der Waals surface area contributed by atoms with Gasteiger partial charge in [-0.2, -0.15) is 0 Å². The number of allylic oxidation sites excluding steroid dienone is 1. The van der Waals surface area contributed by atoms with E-state index < -0.39 is 5.60 Å². The number of piperidine rings is 2. The van der Waals surface area contributed by atoms with Gasteiger partial charge in [0, 0.05) is 19.5 Å². The van der Waals surface area contributed by atoms with Crippen molar-refractivity contribution in [3.8, 4) is 0 Å². The lowest BCUT2D eigenvalue weighted by Crippen LogP contribution is -2.66. The lowest BCUT2D eigenvalue weighted by molar-refractivity contribution is -0.194. The molecule has 3 atom stereocenters. The van der Waals surface area contributed by atoms with Crippen LogP contribution in [0.3, 0.4) is 0 Å². The summed E-state index contributed by atoms with van der Waals surface area (Å²) in [6, 6.07) is 10.5. The minimum absolute atomic E-state index is 0.242. The molecule has 1 aromatic rings. The summed E-state index contributed by atoms with van der Waals surface area (Å²) < 4.78 is 12.5. The number of carbonyl (C=O) groups excluding carboxylic acids is 1. The molecule has 0 saturated carbocycles. The minimum atomic E-state index is -0.555. The van der Waals surface area contributed by atoms with E-state index in [4.69, 9.17) is 9.47 Å². The average Bonchev–Trinajstić information content (AvgIpc) is 2.64. The molecule has 2 fully saturated rings. The van der Waals surface area contributed by atoms with Crippen molar-refractivity contribution in [2.45, 2.75) is 71.3 Å². The maximum atomic E-state index is 11.9. The van der Waals surface area contributed by atoms with Gasteiger partial charge in [0.05, 0.1) is 6.61 Å². The van der Waals surface area contributed by atoms with E-state index in [2.05, 4.69) is 43.9 Å². The highest BCUT2D eigenvalue weighted by molar-refractivity contribution is 5.66. The van der Waals surface area contributed by atoms with Gasteiger partial charge in [0.15, 0.2) is 6.10 Å². The van der Waals surface area contributed by atoms with Crippen molar-refractivity contribution in [3.63, 3.8) is 0 Å². The molecule has 2 aliphatic heterocycles. The Balaban J connectivity index is 1.94. The van der Waals surface area contributed by atoms with Crippen molar-refractivity contribution in [3.05, 3.63) is 47.5 Å². The Morgan fingerprint density at radius 2 is 2.04 bits per heavy atom. The normalized spacial score (nSPS) is 30.3. The number of fused-ring (bicyclic) bond motifs is 1. The second-order valence-electron chi connectivity index (χ2n) is 8.42. The zero-order valence-electron chi connectivity index (χ0n) is 17.1. The summed E-state index contributed by atoms with van der Waals surface area (Å²) in [4.78, 5) is 14.5. The van der Waals surface area contributed by atoms with Crippen LogP contribution >= 0.6 is 0 Å². The molecular weight excluding hydrogens is 338 g/mol. The van der Waals surface area contributed by atoms with Gasteiger partial charge in [-0.25, -0.2) is 0 Å². The summed E-state index contributed by atoms with van der Waals surface area (Å²) >= 11 is 0. The van der Waals surface area contributed by atoms with Crippen LogP contribution in [-0.4, -0.2) is 41.7 Å². The average molecular weight is 372 g/mol. The Hall–Kier alpha value is -1.65. The Morgan fingerprint density at radius 3 is 2.70 bits per heavy atom. The summed E-state index contributed by atoms with van der Waals surface area (Å²) in [7, 11) is 0. The lowest BCUT2D eigenvalue weighted by Gasteiger charge is -2.54. The minimum Gasteiger partial charge on any atom is -0.455 e. The fourth-order valence-corrected chi connectivity index (χ4v) is 4.60. The standard InChI is InChI=1S/C23H33NO3/c1-17(2)14-20-15-24-13-9-8-12-21(24)23(4,22(20)27-18(3)25)26-16-19-10-6-5-7-11-19/h5-7,10-11,14,17,21-22H,8-9,12-13,15-16H2,1-4H3/b20-14+/t21-,22-,23+/m1/s1. The molecule has 2 aliphatic rings. The molecule has 148 valence electrons. The molecule has 4 nitrogen and oxygen atoms in total. The molecule has 0 aromatic heterocycles. The van der Waals surface area contributed by atoms with Crippen LogP contribution in [0.15, 0.2) is 42.0 Å². The number of hydrogen-bond donors (Lipinski definition) is 0. The number of carbonyl (C=O) groups is 1. The van der Waals surface area contributed by atoms with Crippen LogP contribution in [0.5, 0.6) is 0 Å². The molecule has 0 radical (unpaired) electrons. The van der Waals surface area contributed by atoms with Crippen molar-refractivity contribution in [2.75, 3.05) is 13.1 Å². The van der Waals surface area contributed by atoms with Crippen molar-refractivity contribution in [1.29, 1.82) is 0 Å². The number of rotatable bonds is 5. The molecule has 4 heteroatoms. The predicted octanol–water partition coefficient (Wildman–Crippen LogP) is 4.34. The first-order chi connectivity index (χ1) is 12.9. The molecule has 2 heterocycles. The molecule has 0 aliphatic carbocycles. The van der Waals surface area contributed by atoms with Crippen LogP contribution in [0, 0.1) is 5.92 Å². The Labute approximate surface area is 163 Å². The maximum Gasteiger partial charge on any atom is 0.303 e. The van der Waals surface area contributed by atoms with Crippen LogP contribution < -0.4 is 0 Å². The number of nitrogens with zero attached hydrogens (tertiary/aromatic N) is 1. The zero-order chi connectivity index (χ0) is 19.4. The van der Waals surface area contributed by atoms with E-state index in [-0.39, 0.29) is 18.1 Å². The molecule has 1 aromatic carbocycles. The smallest absolute Gasteiger partial charge is 0.303 e. The van der Waals surface area contributed by atoms with Crippen LogP contribution in [0.1, 0.15) is 52.5 Å². The summed E-state index contributed by atoms with van der Waals surface area (Å²) in [5.74, 6) is 0.159. The summed E-state index contributed by atoms with van der Waals surface area (Å²) in [6.07, 6.45) is 5.42. The van der Waals surface area contributed by atoms with Crippen LogP contribution in [0.2, 0.25) is 0 Å². The summed E-state index contributed by atoms with van der Waals surface area (Å²) in [5, 5.41) is 0. The van der Waals surface area contributed by atoms with Crippen molar-refractivity contribution < 1.29 is 14.3 Å². The van der Waals surface area contributed by atoms with Crippen molar-refractivity contribution >= 4 is 5.97 Å². The Kier molecular flexibility index (Phi) is 6.38. The highest BCUT2D eigenvalue weighted by atomic mass is 16.6. The van der Waals surface area contributed by atoms with Gasteiger partial charge < -0.3 is 9.47 Å². The van der Waals surface area contributed by atoms with Crippen molar-refractivity contribution in [1.82, 2.24) is 4.90 Å². The molecule has 0 bridgehead atoms. The zero-order valence-corrected chi connectivity index (χ0v) is 17.1. The third-order valence-corrected chi connectivity index (χ3v) is 5.74.